The second-order valence-corrected chi connectivity index (χ2v) is 8.06. The summed E-state index contributed by atoms with van der Waals surface area (Å²) in [6, 6.07) is 16.4. The molecular formula is C25H33N3O2. The van der Waals surface area contributed by atoms with Gasteiger partial charge in [-0.25, -0.2) is 0 Å². The highest BCUT2D eigenvalue weighted by Gasteiger charge is 2.17. The first-order valence-corrected chi connectivity index (χ1v) is 11.0. The smallest absolute Gasteiger partial charge is 0.143 e. The highest BCUT2D eigenvalue weighted by atomic mass is 16.5. The van der Waals surface area contributed by atoms with Crippen LogP contribution >= 0.6 is 0 Å². The third-order valence-corrected chi connectivity index (χ3v) is 6.04. The summed E-state index contributed by atoms with van der Waals surface area (Å²) in [7, 11) is 1.76. The maximum atomic E-state index is 5.84. The van der Waals surface area contributed by atoms with E-state index in [-0.39, 0.29) is 0 Å². The standard InChI is InChI=1S/C25H33N3O2/c1-21-20-28(25-23(21)10-6-11-24(25)29-2)13-7-12-26-14-16-27(17-15-26)18-19-30-22-8-4-3-5-9-22/h3-6,8-11,20H,7,12-19H2,1-2H3. The summed E-state index contributed by atoms with van der Waals surface area (Å²) in [5.74, 6) is 1.92. The van der Waals surface area contributed by atoms with Crippen molar-refractivity contribution in [1.29, 1.82) is 0 Å². The fourth-order valence-corrected chi connectivity index (χ4v) is 4.36. The molecule has 0 bridgehead atoms. The minimum absolute atomic E-state index is 0.756. The number of fused-ring (bicyclic) bond motifs is 1. The van der Waals surface area contributed by atoms with E-state index in [1.807, 2.05) is 30.3 Å². The quantitative estimate of drug-likeness (QED) is 0.535. The van der Waals surface area contributed by atoms with Gasteiger partial charge in [0.15, 0.2) is 0 Å². The minimum atomic E-state index is 0.756. The Bertz CT molecular complexity index is 930. The van der Waals surface area contributed by atoms with Crippen LogP contribution in [-0.4, -0.2) is 67.4 Å². The van der Waals surface area contributed by atoms with Gasteiger partial charge >= 0.3 is 0 Å². The molecule has 0 aliphatic carbocycles. The lowest BCUT2D eigenvalue weighted by molar-refractivity contribution is 0.115. The average Bonchev–Trinajstić information content (AvgIpc) is 3.11. The van der Waals surface area contributed by atoms with Crippen molar-refractivity contribution >= 4 is 10.9 Å². The molecule has 5 heteroatoms. The summed E-state index contributed by atoms with van der Waals surface area (Å²) in [5, 5.41) is 1.29. The molecule has 2 heterocycles. The number of para-hydroxylation sites is 2. The number of benzene rings is 2. The van der Waals surface area contributed by atoms with Gasteiger partial charge in [-0.1, -0.05) is 30.3 Å². The number of aromatic nitrogens is 1. The fraction of sp³-hybridized carbons (Fsp3) is 0.440. The summed E-state index contributed by atoms with van der Waals surface area (Å²) in [6.45, 7) is 10.6. The van der Waals surface area contributed by atoms with Crippen molar-refractivity contribution in [1.82, 2.24) is 14.4 Å². The van der Waals surface area contributed by atoms with Gasteiger partial charge in [0.05, 0.1) is 12.6 Å². The average molecular weight is 408 g/mol. The van der Waals surface area contributed by atoms with Gasteiger partial charge in [0.25, 0.3) is 0 Å². The number of rotatable bonds is 9. The van der Waals surface area contributed by atoms with Crippen LogP contribution in [-0.2, 0) is 6.54 Å². The lowest BCUT2D eigenvalue weighted by atomic mass is 10.2. The third kappa shape index (κ3) is 4.97. The molecule has 2 aromatic carbocycles. The third-order valence-electron chi connectivity index (χ3n) is 6.04. The Morgan fingerprint density at radius 2 is 1.57 bits per heavy atom. The molecule has 1 aliphatic heterocycles. The molecule has 5 nitrogen and oxygen atoms in total. The van der Waals surface area contributed by atoms with Gasteiger partial charge in [0.1, 0.15) is 18.1 Å². The van der Waals surface area contributed by atoms with Gasteiger partial charge in [0, 0.05) is 50.9 Å². The van der Waals surface area contributed by atoms with E-state index in [2.05, 4.69) is 45.7 Å². The summed E-state index contributed by atoms with van der Waals surface area (Å²) in [6.07, 6.45) is 3.41. The predicted octanol–water partition coefficient (Wildman–Crippen LogP) is 4.05. The minimum Gasteiger partial charge on any atom is -0.495 e. The zero-order valence-corrected chi connectivity index (χ0v) is 18.2. The SMILES string of the molecule is COc1cccc2c(C)cn(CCCN3CCN(CCOc4ccccc4)CC3)c12. The lowest BCUT2D eigenvalue weighted by Gasteiger charge is -2.34. The molecule has 1 saturated heterocycles. The monoisotopic (exact) mass is 407 g/mol. The lowest BCUT2D eigenvalue weighted by Crippen LogP contribution is -2.47. The van der Waals surface area contributed by atoms with Crippen LogP contribution < -0.4 is 9.47 Å². The number of aryl methyl sites for hydroxylation is 2. The molecule has 1 aliphatic rings. The van der Waals surface area contributed by atoms with Gasteiger partial charge in [-0.2, -0.15) is 0 Å². The Morgan fingerprint density at radius 1 is 0.833 bits per heavy atom. The van der Waals surface area contributed by atoms with Crippen LogP contribution in [0.2, 0.25) is 0 Å². The molecule has 3 aromatic rings. The highest BCUT2D eigenvalue weighted by Crippen LogP contribution is 2.29. The second-order valence-electron chi connectivity index (χ2n) is 8.06. The molecule has 0 amide bonds. The van der Waals surface area contributed by atoms with Gasteiger partial charge < -0.3 is 18.9 Å². The van der Waals surface area contributed by atoms with Crippen LogP contribution in [0.25, 0.3) is 10.9 Å². The van der Waals surface area contributed by atoms with Crippen molar-refractivity contribution in [3.8, 4) is 11.5 Å². The Balaban J connectivity index is 1.20. The van der Waals surface area contributed by atoms with Crippen LogP contribution in [0.15, 0.2) is 54.7 Å². The Hall–Kier alpha value is -2.50. The molecule has 1 fully saturated rings. The molecule has 0 saturated carbocycles. The largest absolute Gasteiger partial charge is 0.495 e. The van der Waals surface area contributed by atoms with E-state index in [1.54, 1.807) is 7.11 Å². The van der Waals surface area contributed by atoms with Crippen LogP contribution in [0.4, 0.5) is 0 Å². The molecule has 4 rings (SSSR count). The summed E-state index contributed by atoms with van der Waals surface area (Å²) >= 11 is 0. The van der Waals surface area contributed by atoms with E-state index in [1.165, 1.54) is 16.5 Å². The predicted molar refractivity (Wildman–Crippen MR) is 123 cm³/mol. The maximum absolute atomic E-state index is 5.84. The molecule has 30 heavy (non-hydrogen) atoms. The first kappa shape index (κ1) is 20.8. The summed E-state index contributed by atoms with van der Waals surface area (Å²) in [5.41, 5.74) is 2.54. The van der Waals surface area contributed by atoms with Gasteiger partial charge in [-0.05, 0) is 43.7 Å². The zero-order valence-electron chi connectivity index (χ0n) is 18.2. The van der Waals surface area contributed by atoms with Crippen LogP contribution in [0.5, 0.6) is 11.5 Å². The van der Waals surface area contributed by atoms with Crippen molar-refractivity contribution in [2.24, 2.45) is 0 Å². The molecule has 160 valence electrons. The van der Waals surface area contributed by atoms with E-state index in [4.69, 9.17) is 9.47 Å². The van der Waals surface area contributed by atoms with Crippen molar-refractivity contribution < 1.29 is 9.47 Å². The first-order chi connectivity index (χ1) is 14.7. The van der Waals surface area contributed by atoms with Crippen LogP contribution in [0.3, 0.4) is 0 Å². The number of ether oxygens (including phenoxy) is 2. The second kappa shape index (κ2) is 10.0. The summed E-state index contributed by atoms with van der Waals surface area (Å²) in [4.78, 5) is 5.09. The van der Waals surface area contributed by atoms with Crippen molar-refractivity contribution in [2.75, 3.05) is 53.0 Å². The highest BCUT2D eigenvalue weighted by molar-refractivity contribution is 5.88. The van der Waals surface area contributed by atoms with Crippen molar-refractivity contribution in [3.63, 3.8) is 0 Å². The number of methoxy groups -OCH3 is 1. The number of nitrogens with zero attached hydrogens (tertiary/aromatic N) is 3. The van der Waals surface area contributed by atoms with E-state index in [0.717, 1.165) is 70.3 Å². The maximum Gasteiger partial charge on any atom is 0.143 e. The molecule has 0 unspecified atom stereocenters. The van der Waals surface area contributed by atoms with Crippen molar-refractivity contribution in [2.45, 2.75) is 19.9 Å². The Labute approximate surface area is 179 Å². The normalized spacial score (nSPS) is 15.5. The van der Waals surface area contributed by atoms with Gasteiger partial charge in [-0.15, -0.1) is 0 Å². The zero-order chi connectivity index (χ0) is 20.8. The number of hydrogen-bond donors (Lipinski definition) is 0. The number of hydrogen-bond acceptors (Lipinski definition) is 4. The van der Waals surface area contributed by atoms with E-state index in [9.17, 15) is 0 Å². The molecule has 0 atom stereocenters. The Kier molecular flexibility index (Phi) is 6.92. The van der Waals surface area contributed by atoms with E-state index in [0.29, 0.717) is 0 Å². The van der Waals surface area contributed by atoms with Gasteiger partial charge in [-0.3, -0.25) is 4.90 Å². The molecular weight excluding hydrogens is 374 g/mol. The Morgan fingerprint density at radius 3 is 2.30 bits per heavy atom. The topological polar surface area (TPSA) is 29.9 Å². The van der Waals surface area contributed by atoms with E-state index >= 15 is 0 Å². The van der Waals surface area contributed by atoms with Gasteiger partial charge in [0.2, 0.25) is 0 Å². The summed E-state index contributed by atoms with van der Waals surface area (Å²) < 4.78 is 13.8. The molecule has 0 N–H and O–H groups in total. The number of piperazine rings is 1. The van der Waals surface area contributed by atoms with Crippen LogP contribution in [0, 0.1) is 6.92 Å². The van der Waals surface area contributed by atoms with E-state index < -0.39 is 0 Å². The molecule has 0 spiro atoms. The van der Waals surface area contributed by atoms with Crippen LogP contribution in [0.1, 0.15) is 12.0 Å². The molecule has 0 radical (unpaired) electrons. The van der Waals surface area contributed by atoms with Crippen molar-refractivity contribution in [3.05, 3.63) is 60.3 Å². The molecule has 1 aromatic heterocycles. The fourth-order valence-electron chi connectivity index (χ4n) is 4.36. The first-order valence-electron chi connectivity index (χ1n) is 11.0.